The van der Waals surface area contributed by atoms with Crippen LogP contribution in [0.1, 0.15) is 16.1 Å². The van der Waals surface area contributed by atoms with Gasteiger partial charge in [0.05, 0.1) is 19.9 Å². The second-order valence-corrected chi connectivity index (χ2v) is 8.97. The lowest BCUT2D eigenvalue weighted by Gasteiger charge is -2.34. The quantitative estimate of drug-likeness (QED) is 0.581. The minimum atomic E-state index is -3.82. The zero-order valence-corrected chi connectivity index (χ0v) is 18.3. The molecule has 4 rings (SSSR count). The minimum absolute atomic E-state index is 0.0387. The maximum absolute atomic E-state index is 13.2. The monoisotopic (exact) mass is 445 g/mol. The van der Waals surface area contributed by atoms with Crippen LogP contribution >= 0.6 is 0 Å². The summed E-state index contributed by atoms with van der Waals surface area (Å²) in [6.45, 7) is 2.61. The van der Waals surface area contributed by atoms with Crippen LogP contribution in [0.15, 0.2) is 41.6 Å². The average molecular weight is 446 g/mol. The molecule has 10 nitrogen and oxygen atoms in total. The fourth-order valence-electron chi connectivity index (χ4n) is 3.66. The smallest absolute Gasteiger partial charge is 0.259 e. The number of amides is 1. The molecule has 1 aromatic carbocycles. The summed E-state index contributed by atoms with van der Waals surface area (Å²) in [6.07, 6.45) is 3.34. The number of methoxy groups -OCH3 is 2. The van der Waals surface area contributed by atoms with Crippen LogP contribution in [-0.4, -0.2) is 78.5 Å². The van der Waals surface area contributed by atoms with E-state index in [0.29, 0.717) is 22.7 Å². The summed E-state index contributed by atoms with van der Waals surface area (Å²) in [7, 11) is -0.929. The van der Waals surface area contributed by atoms with Crippen molar-refractivity contribution >= 4 is 21.6 Å². The Labute approximate surface area is 180 Å². The Bertz CT molecular complexity index is 1230. The number of piperazine rings is 1. The first-order valence-electron chi connectivity index (χ1n) is 9.68. The lowest BCUT2D eigenvalue weighted by molar-refractivity contribution is 0.0698. The molecule has 0 N–H and O–H groups in total. The SMILES string of the molecule is COc1ccc(OC)c(S(=O)(=O)N2CCN(C(=O)c3c(C)nn4cccnc34)CC2)c1. The second kappa shape index (κ2) is 8.16. The number of hydrogen-bond donors (Lipinski definition) is 0. The van der Waals surface area contributed by atoms with E-state index in [1.807, 2.05) is 0 Å². The lowest BCUT2D eigenvalue weighted by Crippen LogP contribution is -2.50. The summed E-state index contributed by atoms with van der Waals surface area (Å²) in [5.74, 6) is 0.457. The van der Waals surface area contributed by atoms with Crippen molar-refractivity contribution in [3.8, 4) is 11.5 Å². The van der Waals surface area contributed by atoms with Crippen LogP contribution in [0.5, 0.6) is 11.5 Å². The van der Waals surface area contributed by atoms with Crippen molar-refractivity contribution in [2.24, 2.45) is 0 Å². The highest BCUT2D eigenvalue weighted by Crippen LogP contribution is 2.31. The molecule has 0 spiro atoms. The molecule has 164 valence electrons. The third-order valence-corrected chi connectivity index (χ3v) is 7.22. The molecule has 31 heavy (non-hydrogen) atoms. The summed E-state index contributed by atoms with van der Waals surface area (Å²) in [5, 5.41) is 4.33. The van der Waals surface area contributed by atoms with E-state index in [2.05, 4.69) is 10.1 Å². The molecule has 2 aromatic heterocycles. The lowest BCUT2D eigenvalue weighted by atomic mass is 10.2. The Morgan fingerprint density at radius 3 is 2.52 bits per heavy atom. The van der Waals surface area contributed by atoms with Gasteiger partial charge in [0, 0.05) is 44.6 Å². The molecule has 0 bridgehead atoms. The van der Waals surface area contributed by atoms with E-state index in [1.165, 1.54) is 24.6 Å². The van der Waals surface area contributed by atoms with E-state index in [1.54, 1.807) is 46.9 Å². The fraction of sp³-hybridized carbons (Fsp3) is 0.350. The normalized spacial score (nSPS) is 15.3. The van der Waals surface area contributed by atoms with Gasteiger partial charge in [0.25, 0.3) is 5.91 Å². The predicted octanol–water partition coefficient (Wildman–Crippen LogP) is 1.20. The van der Waals surface area contributed by atoms with Crippen molar-refractivity contribution in [3.05, 3.63) is 47.9 Å². The van der Waals surface area contributed by atoms with Crippen LogP contribution in [0.3, 0.4) is 0 Å². The highest BCUT2D eigenvalue weighted by Gasteiger charge is 2.34. The topological polar surface area (TPSA) is 106 Å². The molecule has 0 saturated carbocycles. The summed E-state index contributed by atoms with van der Waals surface area (Å²) in [4.78, 5) is 19.1. The summed E-state index contributed by atoms with van der Waals surface area (Å²) in [6, 6.07) is 6.39. The maximum Gasteiger partial charge on any atom is 0.259 e. The number of benzene rings is 1. The zero-order valence-electron chi connectivity index (χ0n) is 17.5. The van der Waals surface area contributed by atoms with Gasteiger partial charge in [-0.1, -0.05) is 0 Å². The van der Waals surface area contributed by atoms with Crippen molar-refractivity contribution in [2.75, 3.05) is 40.4 Å². The van der Waals surface area contributed by atoms with E-state index < -0.39 is 10.0 Å². The number of sulfonamides is 1. The number of carbonyl (C=O) groups is 1. The second-order valence-electron chi connectivity index (χ2n) is 7.06. The molecule has 1 amide bonds. The molecule has 1 fully saturated rings. The zero-order chi connectivity index (χ0) is 22.2. The molecule has 0 radical (unpaired) electrons. The standard InChI is InChI=1S/C20H23N5O5S/c1-14-18(19-21-7-4-8-25(19)22-14)20(26)23-9-11-24(12-10-23)31(27,28)17-13-15(29-2)5-6-16(17)30-3/h4-8,13H,9-12H2,1-3H3. The summed E-state index contributed by atoms with van der Waals surface area (Å²) >= 11 is 0. The number of fused-ring (bicyclic) bond motifs is 1. The summed E-state index contributed by atoms with van der Waals surface area (Å²) < 4.78 is 39.8. The predicted molar refractivity (Wildman–Crippen MR) is 112 cm³/mol. The molecular formula is C20H23N5O5S. The highest BCUT2D eigenvalue weighted by atomic mass is 32.2. The summed E-state index contributed by atoms with van der Waals surface area (Å²) in [5.41, 5.74) is 1.51. The van der Waals surface area contributed by atoms with Gasteiger partial charge < -0.3 is 14.4 Å². The van der Waals surface area contributed by atoms with Crippen LogP contribution in [-0.2, 0) is 10.0 Å². The molecule has 1 aliphatic rings. The number of carbonyl (C=O) groups excluding carboxylic acids is 1. The Morgan fingerprint density at radius 1 is 1.10 bits per heavy atom. The molecule has 1 saturated heterocycles. The van der Waals surface area contributed by atoms with Gasteiger partial charge in [-0.25, -0.2) is 17.9 Å². The van der Waals surface area contributed by atoms with E-state index in [9.17, 15) is 13.2 Å². The molecular weight excluding hydrogens is 422 g/mol. The van der Waals surface area contributed by atoms with Crippen molar-refractivity contribution in [3.63, 3.8) is 0 Å². The van der Waals surface area contributed by atoms with E-state index in [-0.39, 0.29) is 42.7 Å². The Kier molecular flexibility index (Phi) is 5.54. The highest BCUT2D eigenvalue weighted by molar-refractivity contribution is 7.89. The van der Waals surface area contributed by atoms with Crippen LogP contribution < -0.4 is 9.47 Å². The van der Waals surface area contributed by atoms with E-state index in [0.717, 1.165) is 0 Å². The first-order valence-corrected chi connectivity index (χ1v) is 11.1. The van der Waals surface area contributed by atoms with Gasteiger partial charge in [-0.05, 0) is 25.1 Å². The number of aromatic nitrogens is 3. The molecule has 3 aromatic rings. The van der Waals surface area contributed by atoms with Gasteiger partial charge in [-0.2, -0.15) is 9.40 Å². The molecule has 3 heterocycles. The molecule has 1 aliphatic heterocycles. The van der Waals surface area contributed by atoms with Crippen molar-refractivity contribution < 1.29 is 22.7 Å². The number of rotatable bonds is 5. The number of aryl methyl sites for hydroxylation is 1. The fourth-order valence-corrected chi connectivity index (χ4v) is 5.25. The number of nitrogens with zero attached hydrogens (tertiary/aromatic N) is 5. The van der Waals surface area contributed by atoms with Gasteiger partial charge in [0.1, 0.15) is 22.0 Å². The van der Waals surface area contributed by atoms with Crippen molar-refractivity contribution in [1.29, 1.82) is 0 Å². The van der Waals surface area contributed by atoms with Gasteiger partial charge >= 0.3 is 0 Å². The Hall–Kier alpha value is -3.18. The minimum Gasteiger partial charge on any atom is -0.497 e. The van der Waals surface area contributed by atoms with E-state index in [4.69, 9.17) is 9.47 Å². The Morgan fingerprint density at radius 2 is 1.84 bits per heavy atom. The Balaban J connectivity index is 1.55. The van der Waals surface area contributed by atoms with Gasteiger partial charge in [0.15, 0.2) is 5.65 Å². The average Bonchev–Trinajstić information content (AvgIpc) is 3.13. The van der Waals surface area contributed by atoms with Crippen LogP contribution in [0.25, 0.3) is 5.65 Å². The number of ether oxygens (including phenoxy) is 2. The third kappa shape index (κ3) is 3.70. The van der Waals surface area contributed by atoms with Gasteiger partial charge in [-0.15, -0.1) is 0 Å². The van der Waals surface area contributed by atoms with Crippen LogP contribution in [0.2, 0.25) is 0 Å². The van der Waals surface area contributed by atoms with Crippen LogP contribution in [0, 0.1) is 6.92 Å². The number of hydrogen-bond acceptors (Lipinski definition) is 7. The molecule has 0 atom stereocenters. The van der Waals surface area contributed by atoms with Crippen molar-refractivity contribution in [2.45, 2.75) is 11.8 Å². The largest absolute Gasteiger partial charge is 0.497 e. The van der Waals surface area contributed by atoms with Crippen molar-refractivity contribution in [1.82, 2.24) is 23.8 Å². The van der Waals surface area contributed by atoms with E-state index >= 15 is 0 Å². The maximum atomic E-state index is 13.2. The van der Waals surface area contributed by atoms with Crippen LogP contribution in [0.4, 0.5) is 0 Å². The first kappa shape index (κ1) is 21.1. The first-order chi connectivity index (χ1) is 14.9. The van der Waals surface area contributed by atoms with Gasteiger partial charge in [-0.3, -0.25) is 4.79 Å². The third-order valence-electron chi connectivity index (χ3n) is 5.30. The van der Waals surface area contributed by atoms with Gasteiger partial charge in [0.2, 0.25) is 10.0 Å². The molecule has 0 unspecified atom stereocenters. The molecule has 0 aliphatic carbocycles. The molecule has 11 heteroatoms.